The van der Waals surface area contributed by atoms with E-state index in [2.05, 4.69) is 10.1 Å². The third-order valence-corrected chi connectivity index (χ3v) is 3.19. The lowest BCUT2D eigenvalue weighted by Gasteiger charge is -2.15. The number of nitrogens with zero attached hydrogens (tertiary/aromatic N) is 1. The summed E-state index contributed by atoms with van der Waals surface area (Å²) >= 11 is 0. The summed E-state index contributed by atoms with van der Waals surface area (Å²) in [6, 6.07) is 2.69. The van der Waals surface area contributed by atoms with Gasteiger partial charge in [-0.2, -0.15) is 0 Å². The molecule has 1 atom stereocenters. The number of carbonyl (C=O) groups is 1. The van der Waals surface area contributed by atoms with E-state index in [9.17, 15) is 14.9 Å². The lowest BCUT2D eigenvalue weighted by atomic mass is 10.1. The molecule has 0 saturated heterocycles. The molecular weight excluding hydrogens is 276 g/mol. The van der Waals surface area contributed by atoms with Gasteiger partial charge in [-0.1, -0.05) is 0 Å². The fraction of sp³-hybridized carbons (Fsp3) is 0.500. The van der Waals surface area contributed by atoms with Gasteiger partial charge in [0.05, 0.1) is 18.6 Å². The molecule has 0 aliphatic carbocycles. The van der Waals surface area contributed by atoms with Gasteiger partial charge in [0.1, 0.15) is 11.8 Å². The Hall–Kier alpha value is -2.15. The van der Waals surface area contributed by atoms with Gasteiger partial charge in [-0.25, -0.2) is 0 Å². The number of aryl methyl sites for hydroxylation is 2. The van der Waals surface area contributed by atoms with E-state index in [1.54, 1.807) is 27.0 Å². The summed E-state index contributed by atoms with van der Waals surface area (Å²) in [6.07, 6.45) is 0.443. The number of methoxy groups -OCH3 is 1. The second-order valence-corrected chi connectivity index (χ2v) is 4.66. The molecule has 0 aliphatic heterocycles. The molecule has 7 heteroatoms. The van der Waals surface area contributed by atoms with Crippen LogP contribution in [0.4, 0.5) is 5.69 Å². The van der Waals surface area contributed by atoms with Crippen molar-refractivity contribution in [3.05, 3.63) is 33.4 Å². The van der Waals surface area contributed by atoms with Crippen molar-refractivity contribution in [3.63, 3.8) is 0 Å². The topological polar surface area (TPSA) is 90.7 Å². The Bertz CT molecular complexity index is 530. The van der Waals surface area contributed by atoms with E-state index in [4.69, 9.17) is 4.74 Å². The van der Waals surface area contributed by atoms with Crippen LogP contribution < -0.4 is 10.1 Å². The molecule has 0 spiro atoms. The van der Waals surface area contributed by atoms with Crippen LogP contribution in [-0.4, -0.2) is 37.7 Å². The lowest BCUT2D eigenvalue weighted by molar-refractivity contribution is -0.385. The van der Waals surface area contributed by atoms with Gasteiger partial charge in [0.2, 0.25) is 0 Å². The largest absolute Gasteiger partial charge is 0.493 e. The van der Waals surface area contributed by atoms with Gasteiger partial charge in [-0.05, 0) is 32.5 Å². The van der Waals surface area contributed by atoms with Crippen LogP contribution >= 0.6 is 0 Å². The van der Waals surface area contributed by atoms with Gasteiger partial charge in [0.15, 0.2) is 0 Å². The number of hydrogen-bond acceptors (Lipinski definition) is 6. The summed E-state index contributed by atoms with van der Waals surface area (Å²) in [5.41, 5.74) is 1.30. The SMILES string of the molecule is CNC(CCOc1cc(C)c([N+](=O)[O-])cc1C)C(=O)OC. The van der Waals surface area contributed by atoms with Gasteiger partial charge in [0.25, 0.3) is 5.69 Å². The minimum Gasteiger partial charge on any atom is -0.493 e. The van der Waals surface area contributed by atoms with Crippen LogP contribution in [-0.2, 0) is 9.53 Å². The van der Waals surface area contributed by atoms with Crippen LogP contribution in [0.1, 0.15) is 17.5 Å². The average molecular weight is 296 g/mol. The normalized spacial score (nSPS) is 11.8. The molecule has 1 rings (SSSR count). The second kappa shape index (κ2) is 7.58. The molecule has 0 aromatic heterocycles. The van der Waals surface area contributed by atoms with Gasteiger partial charge in [0, 0.05) is 18.1 Å². The van der Waals surface area contributed by atoms with Crippen LogP contribution in [0.25, 0.3) is 0 Å². The van der Waals surface area contributed by atoms with E-state index in [1.807, 2.05) is 0 Å². The second-order valence-electron chi connectivity index (χ2n) is 4.66. The van der Waals surface area contributed by atoms with E-state index in [-0.39, 0.29) is 11.7 Å². The zero-order chi connectivity index (χ0) is 16.0. The maximum atomic E-state index is 11.4. The minimum absolute atomic E-state index is 0.0718. The Morgan fingerprint density at radius 2 is 2.05 bits per heavy atom. The van der Waals surface area contributed by atoms with E-state index in [0.717, 1.165) is 0 Å². The van der Waals surface area contributed by atoms with Gasteiger partial charge in [-0.3, -0.25) is 14.9 Å². The highest BCUT2D eigenvalue weighted by Crippen LogP contribution is 2.27. The van der Waals surface area contributed by atoms with Crippen LogP contribution in [0.15, 0.2) is 12.1 Å². The molecule has 0 amide bonds. The molecule has 0 aliphatic rings. The number of nitro benzene ring substituents is 1. The highest BCUT2D eigenvalue weighted by atomic mass is 16.6. The van der Waals surface area contributed by atoms with Crippen molar-refractivity contribution in [2.75, 3.05) is 20.8 Å². The quantitative estimate of drug-likeness (QED) is 0.468. The van der Waals surface area contributed by atoms with E-state index < -0.39 is 11.0 Å². The van der Waals surface area contributed by atoms with Crippen molar-refractivity contribution in [3.8, 4) is 5.75 Å². The van der Waals surface area contributed by atoms with Crippen molar-refractivity contribution in [2.45, 2.75) is 26.3 Å². The van der Waals surface area contributed by atoms with Crippen molar-refractivity contribution in [1.29, 1.82) is 0 Å². The summed E-state index contributed by atoms with van der Waals surface area (Å²) in [5, 5.41) is 13.7. The number of rotatable bonds is 7. The molecule has 0 fully saturated rings. The Morgan fingerprint density at radius 3 is 2.57 bits per heavy atom. The summed E-state index contributed by atoms with van der Waals surface area (Å²) in [7, 11) is 3.00. The van der Waals surface area contributed by atoms with Crippen LogP contribution in [0.5, 0.6) is 5.75 Å². The number of hydrogen-bond donors (Lipinski definition) is 1. The number of esters is 1. The molecule has 116 valence electrons. The van der Waals surface area contributed by atoms with E-state index in [0.29, 0.717) is 29.9 Å². The number of benzene rings is 1. The molecule has 1 unspecified atom stereocenters. The van der Waals surface area contributed by atoms with Gasteiger partial charge < -0.3 is 14.8 Å². The van der Waals surface area contributed by atoms with Crippen molar-refractivity contribution in [2.24, 2.45) is 0 Å². The average Bonchev–Trinajstić information content (AvgIpc) is 2.45. The molecule has 1 N–H and O–H groups in total. The maximum Gasteiger partial charge on any atom is 0.322 e. The molecule has 1 aromatic rings. The van der Waals surface area contributed by atoms with Crippen LogP contribution in [0, 0.1) is 24.0 Å². The van der Waals surface area contributed by atoms with Crippen LogP contribution in [0.2, 0.25) is 0 Å². The zero-order valence-electron chi connectivity index (χ0n) is 12.6. The third-order valence-electron chi connectivity index (χ3n) is 3.19. The Kier molecular flexibility index (Phi) is 6.10. The number of ether oxygens (including phenoxy) is 2. The molecule has 0 heterocycles. The molecular formula is C14H20N2O5. The summed E-state index contributed by atoms with van der Waals surface area (Å²) < 4.78 is 10.3. The first-order valence-electron chi connectivity index (χ1n) is 6.54. The first-order valence-corrected chi connectivity index (χ1v) is 6.54. The lowest BCUT2D eigenvalue weighted by Crippen LogP contribution is -2.36. The van der Waals surface area contributed by atoms with Gasteiger partial charge >= 0.3 is 5.97 Å². The van der Waals surface area contributed by atoms with Crippen LogP contribution in [0.3, 0.4) is 0 Å². The number of nitrogens with one attached hydrogen (secondary N) is 1. The maximum absolute atomic E-state index is 11.4. The molecule has 21 heavy (non-hydrogen) atoms. The minimum atomic E-state index is -0.436. The fourth-order valence-corrected chi connectivity index (χ4v) is 1.94. The molecule has 0 radical (unpaired) electrons. The van der Waals surface area contributed by atoms with Crippen molar-refractivity contribution in [1.82, 2.24) is 5.32 Å². The smallest absolute Gasteiger partial charge is 0.322 e. The molecule has 0 saturated carbocycles. The Labute approximate surface area is 123 Å². The van der Waals surface area contributed by atoms with Crippen molar-refractivity contribution >= 4 is 11.7 Å². The highest BCUT2D eigenvalue weighted by molar-refractivity contribution is 5.75. The number of carbonyl (C=O) groups excluding carboxylic acids is 1. The number of nitro groups is 1. The highest BCUT2D eigenvalue weighted by Gasteiger charge is 2.18. The molecule has 1 aromatic carbocycles. The van der Waals surface area contributed by atoms with E-state index >= 15 is 0 Å². The van der Waals surface area contributed by atoms with Gasteiger partial charge in [-0.15, -0.1) is 0 Å². The summed E-state index contributed by atoms with van der Waals surface area (Å²) in [4.78, 5) is 21.8. The summed E-state index contributed by atoms with van der Waals surface area (Å²) in [6.45, 7) is 3.71. The summed E-state index contributed by atoms with van der Waals surface area (Å²) in [5.74, 6) is 0.232. The number of likely N-dealkylation sites (N-methyl/N-ethyl adjacent to an activating group) is 1. The standard InChI is InChI=1S/C14H20N2O5/c1-9-8-13(10(2)7-12(9)16(18)19)21-6-5-11(15-3)14(17)20-4/h7-8,11,15H,5-6H2,1-4H3. The first-order chi connectivity index (χ1) is 9.90. The Morgan fingerprint density at radius 1 is 1.38 bits per heavy atom. The molecule has 7 nitrogen and oxygen atoms in total. The predicted molar refractivity (Wildman–Crippen MR) is 77.5 cm³/mol. The molecule has 0 bridgehead atoms. The predicted octanol–water partition coefficient (Wildman–Crippen LogP) is 1.74. The zero-order valence-corrected chi connectivity index (χ0v) is 12.6. The monoisotopic (exact) mass is 296 g/mol. The fourth-order valence-electron chi connectivity index (χ4n) is 1.94. The van der Waals surface area contributed by atoms with E-state index in [1.165, 1.54) is 13.2 Å². The Balaban J connectivity index is 2.70. The van der Waals surface area contributed by atoms with Crippen molar-refractivity contribution < 1.29 is 19.2 Å². The first kappa shape index (κ1) is 16.9. The third kappa shape index (κ3) is 4.42.